The van der Waals surface area contributed by atoms with E-state index in [-0.39, 0.29) is 6.04 Å². The van der Waals surface area contributed by atoms with E-state index >= 15 is 0 Å². The van der Waals surface area contributed by atoms with Crippen LogP contribution in [-0.2, 0) is 4.74 Å². The Morgan fingerprint density at radius 2 is 2.00 bits per heavy atom. The summed E-state index contributed by atoms with van der Waals surface area (Å²) in [5.74, 6) is 1.83. The Kier molecular flexibility index (Phi) is 3.20. The lowest BCUT2D eigenvalue weighted by Gasteiger charge is -2.19. The molecular formula is C13H19N5OS. The molecule has 2 fully saturated rings. The highest BCUT2D eigenvalue weighted by Gasteiger charge is 2.30. The van der Waals surface area contributed by atoms with E-state index in [1.165, 1.54) is 6.42 Å². The van der Waals surface area contributed by atoms with E-state index in [0.29, 0.717) is 11.8 Å². The van der Waals surface area contributed by atoms with Crippen molar-refractivity contribution in [3.63, 3.8) is 0 Å². The molecule has 0 spiro atoms. The summed E-state index contributed by atoms with van der Waals surface area (Å²) in [6.45, 7) is 1.62. The molecule has 20 heavy (non-hydrogen) atoms. The molecule has 2 aliphatic rings. The van der Waals surface area contributed by atoms with Crippen LogP contribution >= 0.6 is 11.3 Å². The molecule has 0 aromatic carbocycles. The van der Waals surface area contributed by atoms with Crippen molar-refractivity contribution in [3.05, 3.63) is 10.8 Å². The quantitative estimate of drug-likeness (QED) is 0.911. The minimum Gasteiger partial charge on any atom is -0.381 e. The first-order valence-electron chi connectivity index (χ1n) is 7.38. The van der Waals surface area contributed by atoms with E-state index in [4.69, 9.17) is 15.6 Å². The maximum atomic E-state index is 6.19. The normalized spacial score (nSPS) is 28.4. The summed E-state index contributed by atoms with van der Waals surface area (Å²) in [7, 11) is 0. The molecule has 2 aromatic heterocycles. The Labute approximate surface area is 121 Å². The molecule has 6 nitrogen and oxygen atoms in total. The van der Waals surface area contributed by atoms with E-state index in [9.17, 15) is 0 Å². The Morgan fingerprint density at radius 3 is 2.75 bits per heavy atom. The molecule has 3 heterocycles. The van der Waals surface area contributed by atoms with Crippen molar-refractivity contribution >= 4 is 16.3 Å². The minimum atomic E-state index is 0.255. The van der Waals surface area contributed by atoms with E-state index in [2.05, 4.69) is 10.2 Å². The molecule has 1 saturated carbocycles. The maximum Gasteiger partial charge on any atom is 0.234 e. The van der Waals surface area contributed by atoms with Gasteiger partial charge >= 0.3 is 0 Å². The first kappa shape index (κ1) is 12.7. The highest BCUT2D eigenvalue weighted by molar-refractivity contribution is 7.16. The standard InChI is InChI=1S/C13H19N5OS/c14-10-3-1-2-9(10)12-17-18-11(15-16-13(18)20-12)8-4-6-19-7-5-8/h8-10H,1-7,14H2. The van der Waals surface area contributed by atoms with Crippen LogP contribution in [0, 0.1) is 0 Å². The second-order valence-corrected chi connectivity index (χ2v) is 6.77. The van der Waals surface area contributed by atoms with Gasteiger partial charge in [0.2, 0.25) is 4.96 Å². The van der Waals surface area contributed by atoms with Crippen molar-refractivity contribution < 1.29 is 4.74 Å². The summed E-state index contributed by atoms with van der Waals surface area (Å²) in [4.78, 5) is 0.903. The zero-order valence-corrected chi connectivity index (χ0v) is 12.2. The molecule has 2 aromatic rings. The van der Waals surface area contributed by atoms with E-state index in [1.54, 1.807) is 11.3 Å². The van der Waals surface area contributed by atoms with Crippen molar-refractivity contribution in [3.8, 4) is 0 Å². The number of fused-ring (bicyclic) bond motifs is 1. The molecular weight excluding hydrogens is 274 g/mol. The van der Waals surface area contributed by atoms with Gasteiger partial charge in [-0.15, -0.1) is 10.2 Å². The number of rotatable bonds is 2. The number of hydrogen-bond donors (Lipinski definition) is 1. The monoisotopic (exact) mass is 293 g/mol. The molecule has 0 bridgehead atoms. The lowest BCUT2D eigenvalue weighted by Crippen LogP contribution is -2.23. The van der Waals surface area contributed by atoms with Crippen LogP contribution in [0.5, 0.6) is 0 Å². The van der Waals surface area contributed by atoms with Gasteiger partial charge in [-0.1, -0.05) is 17.8 Å². The number of nitrogens with zero attached hydrogens (tertiary/aromatic N) is 4. The molecule has 1 saturated heterocycles. The van der Waals surface area contributed by atoms with Crippen LogP contribution in [-0.4, -0.2) is 39.1 Å². The fourth-order valence-electron chi connectivity index (χ4n) is 3.30. The predicted octanol–water partition coefficient (Wildman–Crippen LogP) is 1.67. The molecule has 108 valence electrons. The van der Waals surface area contributed by atoms with E-state index < -0.39 is 0 Å². The summed E-state index contributed by atoms with van der Waals surface area (Å²) >= 11 is 1.65. The molecule has 2 N–H and O–H groups in total. The van der Waals surface area contributed by atoms with Crippen LogP contribution < -0.4 is 5.73 Å². The first-order chi connectivity index (χ1) is 9.83. The van der Waals surface area contributed by atoms with Crippen molar-refractivity contribution in [2.45, 2.75) is 50.0 Å². The van der Waals surface area contributed by atoms with Gasteiger partial charge in [-0.05, 0) is 25.7 Å². The van der Waals surface area contributed by atoms with Crippen LogP contribution in [0.1, 0.15) is 54.8 Å². The number of aromatic nitrogens is 4. The number of nitrogens with two attached hydrogens (primary N) is 1. The van der Waals surface area contributed by atoms with E-state index in [0.717, 1.165) is 54.7 Å². The Morgan fingerprint density at radius 1 is 1.15 bits per heavy atom. The Balaban J connectivity index is 1.67. The topological polar surface area (TPSA) is 78.3 Å². The first-order valence-corrected chi connectivity index (χ1v) is 8.20. The summed E-state index contributed by atoms with van der Waals surface area (Å²) < 4.78 is 7.36. The lowest BCUT2D eigenvalue weighted by molar-refractivity contribution is 0.0831. The van der Waals surface area contributed by atoms with Gasteiger partial charge in [0.15, 0.2) is 5.82 Å². The molecule has 0 amide bonds. The van der Waals surface area contributed by atoms with Crippen LogP contribution in [0.4, 0.5) is 0 Å². The van der Waals surface area contributed by atoms with Gasteiger partial charge < -0.3 is 10.5 Å². The second kappa shape index (κ2) is 5.05. The average molecular weight is 293 g/mol. The highest BCUT2D eigenvalue weighted by Crippen LogP contribution is 2.36. The summed E-state index contributed by atoms with van der Waals surface area (Å²) in [5, 5.41) is 14.5. The molecule has 1 aliphatic heterocycles. The summed E-state index contributed by atoms with van der Waals surface area (Å²) in [5.41, 5.74) is 6.19. The van der Waals surface area contributed by atoms with Crippen molar-refractivity contribution in [1.29, 1.82) is 0 Å². The zero-order chi connectivity index (χ0) is 13.5. The van der Waals surface area contributed by atoms with Gasteiger partial charge in [-0.3, -0.25) is 0 Å². The number of ether oxygens (including phenoxy) is 1. The fraction of sp³-hybridized carbons (Fsp3) is 0.769. The third-order valence-electron chi connectivity index (χ3n) is 4.50. The highest BCUT2D eigenvalue weighted by atomic mass is 32.1. The fourth-order valence-corrected chi connectivity index (χ4v) is 4.36. The summed E-state index contributed by atoms with van der Waals surface area (Å²) in [6, 6.07) is 0.255. The zero-order valence-electron chi connectivity index (χ0n) is 11.4. The van der Waals surface area contributed by atoms with Gasteiger partial charge in [-0.2, -0.15) is 9.61 Å². The van der Waals surface area contributed by atoms with Gasteiger partial charge in [0.1, 0.15) is 5.01 Å². The average Bonchev–Trinajstić information content (AvgIpc) is 3.13. The minimum absolute atomic E-state index is 0.255. The predicted molar refractivity (Wildman–Crippen MR) is 76.0 cm³/mol. The molecule has 2 unspecified atom stereocenters. The number of hydrogen-bond acceptors (Lipinski definition) is 6. The Hall–Kier alpha value is -1.05. The SMILES string of the molecule is NC1CCCC1c1nn2c(C3CCOCC3)nnc2s1. The third kappa shape index (κ3) is 2.04. The molecule has 4 rings (SSSR count). The van der Waals surface area contributed by atoms with Crippen LogP contribution in [0.25, 0.3) is 4.96 Å². The lowest BCUT2D eigenvalue weighted by atomic mass is 10.00. The smallest absolute Gasteiger partial charge is 0.234 e. The molecule has 1 aliphatic carbocycles. The van der Waals surface area contributed by atoms with Gasteiger partial charge in [0.25, 0.3) is 0 Å². The van der Waals surface area contributed by atoms with Crippen LogP contribution in [0.2, 0.25) is 0 Å². The molecule has 2 atom stereocenters. The van der Waals surface area contributed by atoms with Gasteiger partial charge in [0, 0.05) is 31.1 Å². The van der Waals surface area contributed by atoms with Crippen LogP contribution in [0.3, 0.4) is 0 Å². The van der Waals surface area contributed by atoms with Crippen molar-refractivity contribution in [2.24, 2.45) is 5.73 Å². The third-order valence-corrected chi connectivity index (χ3v) is 5.53. The maximum absolute atomic E-state index is 6.19. The Bertz CT molecular complexity index is 603. The largest absolute Gasteiger partial charge is 0.381 e. The molecule has 7 heteroatoms. The van der Waals surface area contributed by atoms with Gasteiger partial charge in [0.05, 0.1) is 0 Å². The van der Waals surface area contributed by atoms with E-state index in [1.807, 2.05) is 4.52 Å². The van der Waals surface area contributed by atoms with Crippen molar-refractivity contribution in [2.75, 3.05) is 13.2 Å². The van der Waals surface area contributed by atoms with Gasteiger partial charge in [-0.25, -0.2) is 0 Å². The second-order valence-electron chi connectivity index (χ2n) is 5.78. The van der Waals surface area contributed by atoms with Crippen LogP contribution in [0.15, 0.2) is 0 Å². The van der Waals surface area contributed by atoms with Crippen molar-refractivity contribution in [1.82, 2.24) is 19.8 Å². The summed E-state index contributed by atoms with van der Waals surface area (Å²) in [6.07, 6.45) is 5.49. The molecule has 0 radical (unpaired) electrons.